The molecule has 0 saturated heterocycles. The molecule has 1 N–H and O–H groups in total. The summed E-state index contributed by atoms with van der Waals surface area (Å²) in [6, 6.07) is 7.96. The van der Waals surface area contributed by atoms with Crippen molar-refractivity contribution in [1.29, 1.82) is 0 Å². The lowest BCUT2D eigenvalue weighted by atomic mass is 10.1. The SMILES string of the molecule is COCC(Br)CCNC(=O)c1csc2ccccc12. The molecule has 102 valence electrons. The number of benzene rings is 1. The highest BCUT2D eigenvalue weighted by Gasteiger charge is 2.12. The fourth-order valence-corrected chi connectivity index (χ4v) is 3.29. The molecule has 5 heteroatoms. The second-order valence-corrected chi connectivity index (χ2v) is 6.45. The highest BCUT2D eigenvalue weighted by atomic mass is 79.9. The highest BCUT2D eigenvalue weighted by Crippen LogP contribution is 2.25. The van der Waals surface area contributed by atoms with Crippen LogP contribution in [0.15, 0.2) is 29.6 Å². The molecule has 1 unspecified atom stereocenters. The van der Waals surface area contributed by atoms with Crippen LogP contribution in [0.1, 0.15) is 16.8 Å². The molecule has 1 atom stereocenters. The van der Waals surface area contributed by atoms with Crippen molar-refractivity contribution in [3.63, 3.8) is 0 Å². The van der Waals surface area contributed by atoms with Gasteiger partial charge in [0, 0.05) is 33.9 Å². The standard InChI is InChI=1S/C14H16BrNO2S/c1-18-8-10(15)6-7-16-14(17)12-9-19-13-5-3-2-4-11(12)13/h2-5,9-10H,6-8H2,1H3,(H,16,17). The summed E-state index contributed by atoms with van der Waals surface area (Å²) < 4.78 is 6.18. The lowest BCUT2D eigenvalue weighted by Crippen LogP contribution is -2.26. The number of amides is 1. The van der Waals surface area contributed by atoms with Crippen LogP contribution < -0.4 is 5.32 Å². The summed E-state index contributed by atoms with van der Waals surface area (Å²) in [7, 11) is 1.67. The Labute approximate surface area is 125 Å². The molecular weight excluding hydrogens is 326 g/mol. The van der Waals surface area contributed by atoms with E-state index in [0.717, 1.165) is 22.1 Å². The molecule has 2 rings (SSSR count). The molecule has 0 fully saturated rings. The van der Waals surface area contributed by atoms with Gasteiger partial charge >= 0.3 is 0 Å². The van der Waals surface area contributed by atoms with Crippen molar-refractivity contribution >= 4 is 43.3 Å². The number of carbonyl (C=O) groups excluding carboxylic acids is 1. The van der Waals surface area contributed by atoms with Gasteiger partial charge in [0.15, 0.2) is 0 Å². The maximum atomic E-state index is 12.1. The minimum atomic E-state index is -0.00503. The maximum Gasteiger partial charge on any atom is 0.252 e. The smallest absolute Gasteiger partial charge is 0.252 e. The molecule has 1 heterocycles. The Balaban J connectivity index is 1.93. The van der Waals surface area contributed by atoms with Crippen LogP contribution in [0.4, 0.5) is 0 Å². The number of rotatable bonds is 6. The van der Waals surface area contributed by atoms with Crippen LogP contribution in [-0.2, 0) is 4.74 Å². The fourth-order valence-electron chi connectivity index (χ4n) is 1.86. The zero-order valence-electron chi connectivity index (χ0n) is 10.7. The molecule has 0 aliphatic rings. The molecule has 1 aromatic carbocycles. The van der Waals surface area contributed by atoms with Crippen LogP contribution in [0, 0.1) is 0 Å². The van der Waals surface area contributed by atoms with Crippen molar-refractivity contribution < 1.29 is 9.53 Å². The van der Waals surface area contributed by atoms with Crippen LogP contribution >= 0.6 is 27.3 Å². The molecule has 0 aliphatic carbocycles. The van der Waals surface area contributed by atoms with E-state index in [1.165, 1.54) is 0 Å². The molecule has 19 heavy (non-hydrogen) atoms. The molecule has 0 spiro atoms. The summed E-state index contributed by atoms with van der Waals surface area (Å²) in [5.41, 5.74) is 0.762. The largest absolute Gasteiger partial charge is 0.384 e. The van der Waals surface area contributed by atoms with Gasteiger partial charge in [-0.2, -0.15) is 0 Å². The number of halogens is 1. The van der Waals surface area contributed by atoms with Gasteiger partial charge in [0.2, 0.25) is 0 Å². The molecular formula is C14H16BrNO2S. The van der Waals surface area contributed by atoms with Gasteiger partial charge in [-0.1, -0.05) is 34.1 Å². The number of alkyl halides is 1. The number of methoxy groups -OCH3 is 1. The van der Waals surface area contributed by atoms with Gasteiger partial charge in [0.1, 0.15) is 0 Å². The van der Waals surface area contributed by atoms with Gasteiger partial charge in [-0.15, -0.1) is 11.3 Å². The molecule has 0 saturated carbocycles. The fraction of sp³-hybridized carbons (Fsp3) is 0.357. The van der Waals surface area contributed by atoms with Crippen molar-refractivity contribution in [3.8, 4) is 0 Å². The van der Waals surface area contributed by atoms with Crippen molar-refractivity contribution in [2.45, 2.75) is 11.2 Å². The minimum Gasteiger partial charge on any atom is -0.384 e. The van der Waals surface area contributed by atoms with Crippen LogP contribution in [0.5, 0.6) is 0 Å². The first-order valence-corrected chi connectivity index (χ1v) is 7.89. The van der Waals surface area contributed by atoms with E-state index >= 15 is 0 Å². The second-order valence-electron chi connectivity index (χ2n) is 4.24. The molecule has 3 nitrogen and oxygen atoms in total. The van der Waals surface area contributed by atoms with Crippen molar-refractivity contribution in [1.82, 2.24) is 5.32 Å². The number of fused-ring (bicyclic) bond motifs is 1. The summed E-state index contributed by atoms with van der Waals surface area (Å²) in [6.45, 7) is 1.29. The van der Waals surface area contributed by atoms with Gasteiger partial charge in [0.25, 0.3) is 5.91 Å². The predicted octanol–water partition coefficient (Wildman–Crippen LogP) is 3.43. The minimum absolute atomic E-state index is 0.00503. The third kappa shape index (κ3) is 3.78. The number of hydrogen-bond donors (Lipinski definition) is 1. The molecule has 1 amide bonds. The Bertz CT molecular complexity index is 555. The van der Waals surface area contributed by atoms with Crippen molar-refractivity contribution in [2.75, 3.05) is 20.3 Å². The molecule has 1 aromatic heterocycles. The van der Waals surface area contributed by atoms with E-state index in [0.29, 0.717) is 13.2 Å². The normalized spacial score (nSPS) is 12.5. The van der Waals surface area contributed by atoms with Gasteiger partial charge < -0.3 is 10.1 Å². The van der Waals surface area contributed by atoms with Crippen molar-refractivity contribution in [3.05, 3.63) is 35.2 Å². The Hall–Kier alpha value is -0.910. The van der Waals surface area contributed by atoms with E-state index in [9.17, 15) is 4.79 Å². The van der Waals surface area contributed by atoms with E-state index < -0.39 is 0 Å². The Morgan fingerprint density at radius 2 is 2.26 bits per heavy atom. The summed E-state index contributed by atoms with van der Waals surface area (Å²) >= 11 is 5.10. The maximum absolute atomic E-state index is 12.1. The zero-order chi connectivity index (χ0) is 13.7. The van der Waals surface area contributed by atoms with E-state index in [1.54, 1.807) is 18.4 Å². The van der Waals surface area contributed by atoms with E-state index in [2.05, 4.69) is 21.2 Å². The Morgan fingerprint density at radius 1 is 1.47 bits per heavy atom. The summed E-state index contributed by atoms with van der Waals surface area (Å²) in [4.78, 5) is 12.4. The third-order valence-corrected chi connectivity index (χ3v) is 4.50. The molecule has 0 aliphatic heterocycles. The first-order valence-electron chi connectivity index (χ1n) is 6.10. The summed E-state index contributed by atoms with van der Waals surface area (Å²) in [5.74, 6) is -0.00503. The van der Waals surface area contributed by atoms with E-state index in [1.807, 2.05) is 29.6 Å². The van der Waals surface area contributed by atoms with Gasteiger partial charge in [-0.25, -0.2) is 0 Å². The third-order valence-electron chi connectivity index (χ3n) is 2.82. The number of ether oxygens (including phenoxy) is 1. The molecule has 2 aromatic rings. The van der Waals surface area contributed by atoms with Crippen LogP contribution in [0.25, 0.3) is 10.1 Å². The number of hydrogen-bond acceptors (Lipinski definition) is 3. The second kappa shape index (κ2) is 7.03. The average Bonchev–Trinajstić information content (AvgIpc) is 2.82. The van der Waals surface area contributed by atoms with Crippen LogP contribution in [-0.4, -0.2) is 31.0 Å². The first-order chi connectivity index (χ1) is 9.22. The number of thiophene rings is 1. The quantitative estimate of drug-likeness (QED) is 0.817. The summed E-state index contributed by atoms with van der Waals surface area (Å²) in [5, 5.41) is 5.89. The van der Waals surface area contributed by atoms with E-state index in [-0.39, 0.29) is 10.7 Å². The molecule has 0 bridgehead atoms. The Kier molecular flexibility index (Phi) is 5.36. The zero-order valence-corrected chi connectivity index (χ0v) is 13.1. The van der Waals surface area contributed by atoms with Gasteiger partial charge in [-0.05, 0) is 12.5 Å². The lowest BCUT2D eigenvalue weighted by molar-refractivity contribution is 0.0954. The number of carbonyl (C=O) groups is 1. The van der Waals surface area contributed by atoms with Crippen LogP contribution in [0.2, 0.25) is 0 Å². The molecule has 0 radical (unpaired) electrons. The van der Waals surface area contributed by atoms with Crippen molar-refractivity contribution in [2.24, 2.45) is 0 Å². The topological polar surface area (TPSA) is 38.3 Å². The lowest BCUT2D eigenvalue weighted by Gasteiger charge is -2.09. The Morgan fingerprint density at radius 3 is 3.05 bits per heavy atom. The predicted molar refractivity (Wildman–Crippen MR) is 83.4 cm³/mol. The highest BCUT2D eigenvalue weighted by molar-refractivity contribution is 9.09. The summed E-state index contributed by atoms with van der Waals surface area (Å²) in [6.07, 6.45) is 0.849. The van der Waals surface area contributed by atoms with Gasteiger partial charge in [0.05, 0.1) is 12.2 Å². The van der Waals surface area contributed by atoms with E-state index in [4.69, 9.17) is 4.74 Å². The average molecular weight is 342 g/mol. The first kappa shape index (κ1) is 14.5. The monoisotopic (exact) mass is 341 g/mol. The van der Waals surface area contributed by atoms with Crippen LogP contribution in [0.3, 0.4) is 0 Å². The van der Waals surface area contributed by atoms with Gasteiger partial charge in [-0.3, -0.25) is 4.79 Å². The number of nitrogens with one attached hydrogen (secondary N) is 1.